The third-order valence-electron chi connectivity index (χ3n) is 6.30. The second-order valence-corrected chi connectivity index (χ2v) is 9.95. The molecule has 0 radical (unpaired) electrons. The van der Waals surface area contributed by atoms with Gasteiger partial charge in [-0.15, -0.1) is 0 Å². The molecule has 0 saturated carbocycles. The zero-order valence-electron chi connectivity index (χ0n) is 20.2. The minimum Gasteiger partial charge on any atom is -0.724 e. The first-order valence-electron chi connectivity index (χ1n) is 12.3. The SMILES string of the molecule is CCCC[N+](CCCC)(CCCC)CCCC.O=C1N2CCC[C@H](C2)N1OS(=O)(=O)[O-]. The van der Waals surface area contributed by atoms with Gasteiger partial charge in [0.2, 0.25) is 10.4 Å². The minimum absolute atomic E-state index is 0.306. The number of rotatable bonds is 14. The van der Waals surface area contributed by atoms with Crippen molar-refractivity contribution in [2.24, 2.45) is 0 Å². The molecule has 2 bridgehead atoms. The Balaban J connectivity index is 0.000000314. The van der Waals surface area contributed by atoms with Gasteiger partial charge in [0.1, 0.15) is 0 Å². The fraction of sp³-hybridized carbons (Fsp3) is 0.955. The van der Waals surface area contributed by atoms with E-state index in [-0.39, 0.29) is 6.04 Å². The number of piperidine rings is 1. The summed E-state index contributed by atoms with van der Waals surface area (Å²) in [5.74, 6) is 0. The van der Waals surface area contributed by atoms with E-state index in [4.69, 9.17) is 0 Å². The van der Waals surface area contributed by atoms with Crippen molar-refractivity contribution in [3.8, 4) is 0 Å². The quantitative estimate of drug-likeness (QED) is 0.218. The molecule has 0 aromatic carbocycles. The van der Waals surface area contributed by atoms with Crippen molar-refractivity contribution in [3.05, 3.63) is 0 Å². The predicted octanol–water partition coefficient (Wildman–Crippen LogP) is 4.28. The fourth-order valence-corrected chi connectivity index (χ4v) is 4.83. The highest BCUT2D eigenvalue weighted by Gasteiger charge is 2.42. The van der Waals surface area contributed by atoms with Crippen LogP contribution in [0.15, 0.2) is 0 Å². The van der Waals surface area contributed by atoms with Crippen LogP contribution in [0, 0.1) is 0 Å². The molecule has 184 valence electrons. The Kier molecular flexibility index (Phi) is 13.0. The molecule has 2 aliphatic heterocycles. The summed E-state index contributed by atoms with van der Waals surface area (Å²) >= 11 is 0. The number of carbonyl (C=O) groups excluding carboxylic acids is 1. The molecule has 2 aliphatic rings. The van der Waals surface area contributed by atoms with Gasteiger partial charge < -0.3 is 13.9 Å². The van der Waals surface area contributed by atoms with Crippen molar-refractivity contribution in [1.29, 1.82) is 0 Å². The van der Waals surface area contributed by atoms with Gasteiger partial charge in [0.15, 0.2) is 0 Å². The highest BCUT2D eigenvalue weighted by Crippen LogP contribution is 2.26. The smallest absolute Gasteiger partial charge is 0.345 e. The third-order valence-corrected chi connectivity index (χ3v) is 6.65. The van der Waals surface area contributed by atoms with E-state index in [1.54, 1.807) is 0 Å². The topological polar surface area (TPSA) is 90.0 Å². The molecule has 2 rings (SSSR count). The average molecular weight is 464 g/mol. The Hall–Kier alpha value is -0.900. The van der Waals surface area contributed by atoms with Gasteiger partial charge in [-0.25, -0.2) is 13.2 Å². The van der Waals surface area contributed by atoms with Crippen LogP contribution in [-0.4, -0.2) is 78.8 Å². The van der Waals surface area contributed by atoms with Crippen LogP contribution in [0.2, 0.25) is 0 Å². The van der Waals surface area contributed by atoms with Gasteiger partial charge in [-0.1, -0.05) is 53.4 Å². The van der Waals surface area contributed by atoms with Crippen LogP contribution >= 0.6 is 0 Å². The van der Waals surface area contributed by atoms with Crippen molar-refractivity contribution >= 4 is 16.4 Å². The summed E-state index contributed by atoms with van der Waals surface area (Å²) in [6.45, 7) is 16.0. The minimum atomic E-state index is -4.85. The lowest BCUT2D eigenvalue weighted by atomic mass is 10.1. The lowest BCUT2D eigenvalue weighted by Gasteiger charge is -2.39. The number of fused-ring (bicyclic) bond motifs is 2. The van der Waals surface area contributed by atoms with Crippen LogP contribution in [0.25, 0.3) is 0 Å². The van der Waals surface area contributed by atoms with E-state index < -0.39 is 16.4 Å². The van der Waals surface area contributed by atoms with E-state index in [1.807, 2.05) is 0 Å². The number of unbranched alkanes of at least 4 members (excludes halogenated alkanes) is 4. The number of carbonyl (C=O) groups is 1. The zero-order valence-corrected chi connectivity index (χ0v) is 21.0. The van der Waals surface area contributed by atoms with Gasteiger partial charge in [0, 0.05) is 13.1 Å². The highest BCUT2D eigenvalue weighted by molar-refractivity contribution is 7.80. The summed E-state index contributed by atoms with van der Waals surface area (Å²) in [5.41, 5.74) is 0. The molecule has 2 saturated heterocycles. The maximum Gasteiger partial charge on any atom is 0.345 e. The number of hydrogen-bond donors (Lipinski definition) is 0. The second kappa shape index (κ2) is 14.3. The molecule has 0 spiro atoms. The van der Waals surface area contributed by atoms with Crippen molar-refractivity contribution in [3.63, 3.8) is 0 Å². The molecule has 2 fully saturated rings. The molecule has 0 N–H and O–H groups in total. The normalized spacial score (nSPS) is 18.9. The van der Waals surface area contributed by atoms with Gasteiger partial charge in [-0.3, -0.25) is 0 Å². The van der Waals surface area contributed by atoms with E-state index in [1.165, 1.54) is 86.9 Å². The largest absolute Gasteiger partial charge is 0.724 e. The molecule has 1 atom stereocenters. The molecule has 31 heavy (non-hydrogen) atoms. The average Bonchev–Trinajstić information content (AvgIpc) is 2.94. The zero-order chi connectivity index (χ0) is 23.3. The molecule has 2 amide bonds. The summed E-state index contributed by atoms with van der Waals surface area (Å²) in [7, 11) is -4.85. The number of amides is 2. The molecule has 8 nitrogen and oxygen atoms in total. The van der Waals surface area contributed by atoms with Crippen LogP contribution in [0.4, 0.5) is 4.79 Å². The van der Waals surface area contributed by atoms with Crippen LogP contribution in [0.5, 0.6) is 0 Å². The predicted molar refractivity (Wildman–Crippen MR) is 122 cm³/mol. The molecule has 9 heteroatoms. The van der Waals surface area contributed by atoms with Gasteiger partial charge in [0.25, 0.3) is 0 Å². The van der Waals surface area contributed by atoms with Crippen LogP contribution < -0.4 is 0 Å². The van der Waals surface area contributed by atoms with E-state index >= 15 is 0 Å². The molecule has 0 aromatic rings. The van der Waals surface area contributed by atoms with E-state index in [2.05, 4.69) is 32.0 Å². The summed E-state index contributed by atoms with van der Waals surface area (Å²) < 4.78 is 36.5. The molecular formula is C22H45N3O5S. The van der Waals surface area contributed by atoms with Crippen molar-refractivity contribution in [2.45, 2.75) is 97.9 Å². The molecular weight excluding hydrogens is 418 g/mol. The number of hydrogen-bond acceptors (Lipinski definition) is 5. The number of hydroxylamine groups is 2. The van der Waals surface area contributed by atoms with Gasteiger partial charge >= 0.3 is 6.03 Å². The maximum atomic E-state index is 11.4. The van der Waals surface area contributed by atoms with Gasteiger partial charge in [-0.05, 0) is 38.5 Å². The van der Waals surface area contributed by atoms with E-state index in [9.17, 15) is 17.8 Å². The Morgan fingerprint density at radius 3 is 1.74 bits per heavy atom. The Labute approximate surface area is 190 Å². The number of quaternary nitrogens is 1. The molecule has 2 heterocycles. The number of nitrogens with zero attached hydrogens (tertiary/aromatic N) is 3. The fourth-order valence-electron chi connectivity index (χ4n) is 4.45. The summed E-state index contributed by atoms with van der Waals surface area (Å²) in [4.78, 5) is 12.9. The Morgan fingerprint density at radius 1 is 0.935 bits per heavy atom. The molecule has 0 aliphatic carbocycles. The molecule has 0 unspecified atom stereocenters. The number of urea groups is 1. The first-order chi connectivity index (χ1) is 14.7. The van der Waals surface area contributed by atoms with Crippen molar-refractivity contribution < 1.29 is 26.5 Å². The standard InChI is InChI=1S/C16H36N.C6H10N2O5S/c1-5-9-13-17(14-10-6-2,15-11-7-3)16-12-8-4;9-6-7-3-1-2-5(4-7)8(6)13-14(10,11)12/h5-16H2,1-4H3;5H,1-4H2,(H,10,11,12)/q+1;/p-1/t;5-/m.1/s1. The second-order valence-electron chi connectivity index (χ2n) is 8.98. The van der Waals surface area contributed by atoms with Gasteiger partial charge in [-0.2, -0.15) is 9.35 Å². The van der Waals surface area contributed by atoms with E-state index in [0.29, 0.717) is 24.6 Å². The Bertz CT molecular complexity index is 577. The lowest BCUT2D eigenvalue weighted by Crippen LogP contribution is -2.50. The van der Waals surface area contributed by atoms with Crippen LogP contribution in [0.3, 0.4) is 0 Å². The first-order valence-corrected chi connectivity index (χ1v) is 13.6. The van der Waals surface area contributed by atoms with Crippen molar-refractivity contribution in [2.75, 3.05) is 39.3 Å². The monoisotopic (exact) mass is 463 g/mol. The first kappa shape index (κ1) is 28.1. The lowest BCUT2D eigenvalue weighted by molar-refractivity contribution is -0.929. The Morgan fingerprint density at radius 2 is 1.39 bits per heavy atom. The highest BCUT2D eigenvalue weighted by atomic mass is 32.3. The summed E-state index contributed by atoms with van der Waals surface area (Å²) in [6, 6.07) is -0.841. The molecule has 0 aromatic heterocycles. The summed E-state index contributed by atoms with van der Waals surface area (Å²) in [6.07, 6.45) is 12.5. The third kappa shape index (κ3) is 10.1. The summed E-state index contributed by atoms with van der Waals surface area (Å²) in [5, 5.41) is 0.676. The van der Waals surface area contributed by atoms with Gasteiger partial charge in [0.05, 0.1) is 32.2 Å². The van der Waals surface area contributed by atoms with Crippen LogP contribution in [0.1, 0.15) is 91.9 Å². The van der Waals surface area contributed by atoms with E-state index in [0.717, 1.165) is 6.42 Å². The van der Waals surface area contributed by atoms with Crippen molar-refractivity contribution in [1.82, 2.24) is 9.96 Å². The van der Waals surface area contributed by atoms with Crippen LogP contribution in [-0.2, 0) is 14.7 Å². The maximum absolute atomic E-state index is 11.4.